The number of hydrogen-bond donors (Lipinski definition) is 1. The first-order valence-corrected chi connectivity index (χ1v) is 9.21. The van der Waals surface area contributed by atoms with E-state index in [0.717, 1.165) is 42.6 Å². The van der Waals surface area contributed by atoms with Crippen LogP contribution in [0.25, 0.3) is 32.0 Å². The van der Waals surface area contributed by atoms with Crippen LogP contribution in [0.3, 0.4) is 0 Å². The molecule has 0 amide bonds. The zero-order valence-corrected chi connectivity index (χ0v) is 15.5. The van der Waals surface area contributed by atoms with Gasteiger partial charge in [0.2, 0.25) is 0 Å². The number of rotatable bonds is 3. The summed E-state index contributed by atoms with van der Waals surface area (Å²) in [5.74, 6) is -0.371. The standard InChI is InChI=1S/C19H19N3O2S/c1-5-11-15-13(8-20-17(11)19(23)24-9(2)3)22-12-6-7-14-18(16(12)15)21-10(4)25-14/h6-9,22H,5H2,1-4H3. The molecule has 5 nitrogen and oxygen atoms in total. The number of pyridine rings is 1. The van der Waals surface area contributed by atoms with E-state index in [-0.39, 0.29) is 12.1 Å². The molecule has 128 valence electrons. The molecule has 0 fully saturated rings. The van der Waals surface area contributed by atoms with Crippen molar-refractivity contribution in [2.75, 3.05) is 0 Å². The zero-order chi connectivity index (χ0) is 17.7. The number of carbonyl (C=O) groups excluding carboxylic acids is 1. The number of aryl methyl sites for hydroxylation is 2. The van der Waals surface area contributed by atoms with Crippen LogP contribution in [0.2, 0.25) is 0 Å². The van der Waals surface area contributed by atoms with Crippen LogP contribution in [0.15, 0.2) is 18.3 Å². The highest BCUT2D eigenvalue weighted by molar-refractivity contribution is 7.18. The Hall–Kier alpha value is -2.47. The largest absolute Gasteiger partial charge is 0.458 e. The maximum atomic E-state index is 12.5. The van der Waals surface area contributed by atoms with Gasteiger partial charge in [-0.3, -0.25) is 0 Å². The van der Waals surface area contributed by atoms with Gasteiger partial charge in [0.25, 0.3) is 0 Å². The second-order valence-electron chi connectivity index (χ2n) is 6.37. The number of hydrogen-bond acceptors (Lipinski definition) is 5. The van der Waals surface area contributed by atoms with Crippen molar-refractivity contribution in [3.63, 3.8) is 0 Å². The van der Waals surface area contributed by atoms with Crippen molar-refractivity contribution >= 4 is 49.3 Å². The van der Waals surface area contributed by atoms with Crippen LogP contribution in [0, 0.1) is 6.92 Å². The number of nitrogens with zero attached hydrogens (tertiary/aromatic N) is 2. The van der Waals surface area contributed by atoms with E-state index in [4.69, 9.17) is 9.72 Å². The van der Waals surface area contributed by atoms with Crippen LogP contribution in [-0.4, -0.2) is 27.0 Å². The number of thiazole rings is 1. The molecule has 3 aromatic heterocycles. The van der Waals surface area contributed by atoms with Crippen molar-refractivity contribution < 1.29 is 9.53 Å². The van der Waals surface area contributed by atoms with Gasteiger partial charge in [-0.15, -0.1) is 11.3 Å². The Morgan fingerprint density at radius 2 is 2.08 bits per heavy atom. The summed E-state index contributed by atoms with van der Waals surface area (Å²) in [6, 6.07) is 4.16. The Bertz CT molecular complexity index is 1120. The van der Waals surface area contributed by atoms with Crippen molar-refractivity contribution in [2.24, 2.45) is 0 Å². The molecule has 4 aromatic rings. The summed E-state index contributed by atoms with van der Waals surface area (Å²) in [7, 11) is 0. The van der Waals surface area contributed by atoms with E-state index in [9.17, 15) is 4.79 Å². The molecule has 0 aliphatic rings. The van der Waals surface area contributed by atoms with Gasteiger partial charge in [0.1, 0.15) is 0 Å². The Kier molecular flexibility index (Phi) is 3.72. The third kappa shape index (κ3) is 2.48. The molecule has 0 atom stereocenters. The number of carbonyl (C=O) groups is 1. The molecule has 0 saturated heterocycles. The first kappa shape index (κ1) is 16.0. The van der Waals surface area contributed by atoms with Gasteiger partial charge < -0.3 is 9.72 Å². The maximum Gasteiger partial charge on any atom is 0.357 e. The van der Waals surface area contributed by atoms with Crippen molar-refractivity contribution in [1.29, 1.82) is 0 Å². The summed E-state index contributed by atoms with van der Waals surface area (Å²) in [4.78, 5) is 25.0. The second kappa shape index (κ2) is 5.81. The van der Waals surface area contributed by atoms with Gasteiger partial charge in [-0.1, -0.05) is 6.92 Å². The minimum Gasteiger partial charge on any atom is -0.458 e. The zero-order valence-electron chi connectivity index (χ0n) is 14.6. The summed E-state index contributed by atoms with van der Waals surface area (Å²) in [6.45, 7) is 7.73. The quantitative estimate of drug-likeness (QED) is 0.539. The molecule has 0 spiro atoms. The molecule has 0 bridgehead atoms. The summed E-state index contributed by atoms with van der Waals surface area (Å²) < 4.78 is 6.53. The fraction of sp³-hybridized carbons (Fsp3) is 0.316. The third-order valence-electron chi connectivity index (χ3n) is 4.26. The molecule has 0 radical (unpaired) electrons. The van der Waals surface area contributed by atoms with Crippen molar-refractivity contribution in [2.45, 2.75) is 40.2 Å². The molecule has 0 aliphatic heterocycles. The van der Waals surface area contributed by atoms with E-state index in [1.807, 2.05) is 27.7 Å². The number of esters is 1. The van der Waals surface area contributed by atoms with Crippen LogP contribution in [0.5, 0.6) is 0 Å². The van der Waals surface area contributed by atoms with E-state index in [1.54, 1.807) is 17.5 Å². The third-order valence-corrected chi connectivity index (χ3v) is 5.19. The normalized spacial score (nSPS) is 11.9. The number of H-pyrrole nitrogens is 1. The molecule has 4 rings (SSSR count). The molecular weight excluding hydrogens is 334 g/mol. The predicted octanol–water partition coefficient (Wildman–Crippen LogP) is 4.76. The van der Waals surface area contributed by atoms with Crippen LogP contribution < -0.4 is 0 Å². The summed E-state index contributed by atoms with van der Waals surface area (Å²) in [6.07, 6.45) is 2.24. The van der Waals surface area contributed by atoms with E-state index in [2.05, 4.69) is 22.1 Å². The molecule has 25 heavy (non-hydrogen) atoms. The number of ether oxygens (including phenoxy) is 1. The van der Waals surface area contributed by atoms with E-state index in [1.165, 1.54) is 0 Å². The van der Waals surface area contributed by atoms with Crippen LogP contribution in [-0.2, 0) is 11.2 Å². The van der Waals surface area contributed by atoms with E-state index >= 15 is 0 Å². The Morgan fingerprint density at radius 1 is 1.28 bits per heavy atom. The monoisotopic (exact) mass is 353 g/mol. The van der Waals surface area contributed by atoms with Gasteiger partial charge in [-0.2, -0.15) is 0 Å². The maximum absolute atomic E-state index is 12.5. The Labute approximate surface area is 149 Å². The molecular formula is C19H19N3O2S. The highest BCUT2D eigenvalue weighted by Gasteiger charge is 2.21. The molecule has 0 aliphatic carbocycles. The number of nitrogens with one attached hydrogen (secondary N) is 1. The van der Waals surface area contributed by atoms with Crippen LogP contribution in [0.4, 0.5) is 0 Å². The van der Waals surface area contributed by atoms with Gasteiger partial charge in [-0.25, -0.2) is 14.8 Å². The van der Waals surface area contributed by atoms with Crippen molar-refractivity contribution in [3.05, 3.63) is 34.6 Å². The van der Waals surface area contributed by atoms with Gasteiger partial charge >= 0.3 is 5.97 Å². The molecule has 1 aromatic carbocycles. The average molecular weight is 353 g/mol. The number of benzene rings is 1. The Balaban J connectivity index is 2.10. The number of aromatic nitrogens is 3. The number of aromatic amines is 1. The lowest BCUT2D eigenvalue weighted by Crippen LogP contribution is -2.15. The lowest BCUT2D eigenvalue weighted by atomic mass is 10.0. The highest BCUT2D eigenvalue weighted by Crippen LogP contribution is 2.36. The molecule has 6 heteroatoms. The molecule has 0 saturated carbocycles. The SMILES string of the molecule is CCc1c(C(=O)OC(C)C)ncc2[nH]c3ccc4sc(C)nc4c3c12. The topological polar surface area (TPSA) is 67.9 Å². The molecule has 3 heterocycles. The lowest BCUT2D eigenvalue weighted by Gasteiger charge is -2.11. The van der Waals surface area contributed by atoms with Gasteiger partial charge in [0.15, 0.2) is 5.69 Å². The van der Waals surface area contributed by atoms with E-state index < -0.39 is 0 Å². The smallest absolute Gasteiger partial charge is 0.357 e. The minimum atomic E-state index is -0.371. The Morgan fingerprint density at radius 3 is 2.80 bits per heavy atom. The predicted molar refractivity (Wildman–Crippen MR) is 101 cm³/mol. The first-order chi connectivity index (χ1) is 12.0. The van der Waals surface area contributed by atoms with Gasteiger partial charge in [0, 0.05) is 16.3 Å². The fourth-order valence-corrected chi connectivity index (χ4v) is 4.17. The van der Waals surface area contributed by atoms with Crippen molar-refractivity contribution in [1.82, 2.24) is 15.0 Å². The lowest BCUT2D eigenvalue weighted by molar-refractivity contribution is 0.0370. The summed E-state index contributed by atoms with van der Waals surface area (Å²) >= 11 is 1.68. The van der Waals surface area contributed by atoms with Crippen LogP contribution in [0.1, 0.15) is 41.8 Å². The number of fused-ring (bicyclic) bond motifs is 5. The minimum absolute atomic E-state index is 0.175. The highest BCUT2D eigenvalue weighted by atomic mass is 32.1. The van der Waals surface area contributed by atoms with Gasteiger partial charge in [0.05, 0.1) is 33.0 Å². The first-order valence-electron chi connectivity index (χ1n) is 8.40. The van der Waals surface area contributed by atoms with E-state index in [0.29, 0.717) is 12.1 Å². The van der Waals surface area contributed by atoms with Crippen LogP contribution >= 0.6 is 11.3 Å². The summed E-state index contributed by atoms with van der Waals surface area (Å²) in [5, 5.41) is 3.12. The van der Waals surface area contributed by atoms with Crippen molar-refractivity contribution in [3.8, 4) is 0 Å². The van der Waals surface area contributed by atoms with Gasteiger partial charge in [-0.05, 0) is 44.9 Å². The molecule has 0 unspecified atom stereocenters. The second-order valence-corrected chi connectivity index (χ2v) is 7.61. The molecule has 1 N–H and O–H groups in total. The average Bonchev–Trinajstić information content (AvgIpc) is 3.11. The fourth-order valence-electron chi connectivity index (χ4n) is 3.33. The summed E-state index contributed by atoms with van der Waals surface area (Å²) in [5.41, 5.74) is 4.22.